The van der Waals surface area contributed by atoms with Crippen LogP contribution >= 0.6 is 17.0 Å². The van der Waals surface area contributed by atoms with E-state index < -0.39 is 0 Å². The standard InChI is InChI=1S/C8H5NO.BrH/c10-8-3-6-1-2-9-5-7(6)4-8;/h1-5H;1H. The Kier molecular flexibility index (Phi) is 2.19. The molecular formula is C8H6BrNO. The van der Waals surface area contributed by atoms with Gasteiger partial charge in [0.2, 0.25) is 0 Å². The molecule has 2 rings (SSSR count). The number of hydrogen-bond acceptors (Lipinski definition) is 2. The molecule has 2 nitrogen and oxygen atoms in total. The Labute approximate surface area is 74.0 Å². The molecule has 0 saturated carbocycles. The molecule has 0 amide bonds. The highest BCUT2D eigenvalue weighted by Gasteiger charge is 1.98. The molecule has 1 aliphatic rings. The molecule has 1 heterocycles. The molecule has 1 aliphatic carbocycles. The van der Waals surface area contributed by atoms with E-state index in [1.807, 2.05) is 6.07 Å². The first-order valence-electron chi connectivity index (χ1n) is 3.04. The molecule has 11 heavy (non-hydrogen) atoms. The third-order valence-electron chi connectivity index (χ3n) is 1.48. The lowest BCUT2D eigenvalue weighted by Crippen LogP contribution is -2.20. The normalized spacial score (nSPS) is 12.5. The maximum absolute atomic E-state index is 10.8. The van der Waals surface area contributed by atoms with Gasteiger partial charge in [0.15, 0.2) is 5.78 Å². The van der Waals surface area contributed by atoms with Crippen LogP contribution in [0.1, 0.15) is 0 Å². The number of halogens is 1. The van der Waals surface area contributed by atoms with Crippen LogP contribution in [-0.2, 0) is 4.79 Å². The van der Waals surface area contributed by atoms with Crippen LogP contribution in [0.2, 0.25) is 0 Å². The van der Waals surface area contributed by atoms with Gasteiger partial charge in [0, 0.05) is 17.6 Å². The fourth-order valence-corrected chi connectivity index (χ4v) is 1.02. The first-order chi connectivity index (χ1) is 4.86. The molecule has 0 bridgehead atoms. The lowest BCUT2D eigenvalue weighted by Gasteiger charge is -1.78. The topological polar surface area (TPSA) is 30.0 Å². The zero-order valence-corrected chi connectivity index (χ0v) is 7.36. The van der Waals surface area contributed by atoms with E-state index in [2.05, 4.69) is 4.98 Å². The highest BCUT2D eigenvalue weighted by molar-refractivity contribution is 8.93. The Hall–Kier alpha value is -0.960. The molecule has 0 spiro atoms. The molecule has 0 aromatic carbocycles. The second-order valence-electron chi connectivity index (χ2n) is 2.20. The average Bonchev–Trinajstić information content (AvgIpc) is 2.27. The largest absolute Gasteiger partial charge is 0.290 e. The summed E-state index contributed by atoms with van der Waals surface area (Å²) in [6, 6.07) is 1.83. The van der Waals surface area contributed by atoms with Crippen LogP contribution in [0.5, 0.6) is 0 Å². The SMILES string of the molecule is Br.O=C1C=c2ccncc2=C1. The fraction of sp³-hybridized carbons (Fsp3) is 0. The zero-order valence-electron chi connectivity index (χ0n) is 5.65. The Morgan fingerprint density at radius 3 is 2.64 bits per heavy atom. The number of nitrogens with zero attached hydrogens (tertiary/aromatic N) is 1. The Morgan fingerprint density at radius 1 is 1.18 bits per heavy atom. The molecule has 1 aromatic heterocycles. The molecule has 1 aromatic rings. The monoisotopic (exact) mass is 211 g/mol. The van der Waals surface area contributed by atoms with Crippen LogP contribution in [0.25, 0.3) is 12.2 Å². The number of aromatic nitrogens is 1. The molecule has 0 saturated heterocycles. The van der Waals surface area contributed by atoms with Crippen molar-refractivity contribution in [2.45, 2.75) is 0 Å². The van der Waals surface area contributed by atoms with Crippen LogP contribution in [0.3, 0.4) is 0 Å². The van der Waals surface area contributed by atoms with Crippen LogP contribution in [0, 0.1) is 0 Å². The summed E-state index contributed by atoms with van der Waals surface area (Å²) >= 11 is 0. The number of pyridine rings is 1. The van der Waals surface area contributed by atoms with E-state index in [0.717, 1.165) is 10.4 Å². The van der Waals surface area contributed by atoms with Gasteiger partial charge in [-0.2, -0.15) is 0 Å². The van der Waals surface area contributed by atoms with Gasteiger partial charge >= 0.3 is 0 Å². The second kappa shape index (κ2) is 2.96. The molecular weight excluding hydrogens is 206 g/mol. The van der Waals surface area contributed by atoms with E-state index in [0.29, 0.717) is 0 Å². The van der Waals surface area contributed by atoms with Crippen molar-refractivity contribution in [3.63, 3.8) is 0 Å². The quantitative estimate of drug-likeness (QED) is 0.596. The van der Waals surface area contributed by atoms with Crippen LogP contribution in [0.4, 0.5) is 0 Å². The molecule has 0 aliphatic heterocycles. The van der Waals surface area contributed by atoms with Gasteiger partial charge in [-0.05, 0) is 23.4 Å². The highest BCUT2D eigenvalue weighted by Crippen LogP contribution is 1.81. The summed E-state index contributed by atoms with van der Waals surface area (Å²) in [4.78, 5) is 14.6. The van der Waals surface area contributed by atoms with Gasteiger partial charge in [-0.1, -0.05) is 0 Å². The Morgan fingerprint density at radius 2 is 1.91 bits per heavy atom. The maximum atomic E-state index is 10.8. The number of hydrogen-bond donors (Lipinski definition) is 0. The summed E-state index contributed by atoms with van der Waals surface area (Å²) in [5.74, 6) is 0.0583. The lowest BCUT2D eigenvalue weighted by molar-refractivity contribution is -0.107. The van der Waals surface area contributed by atoms with Crippen molar-refractivity contribution in [3.05, 3.63) is 28.9 Å². The van der Waals surface area contributed by atoms with Crippen molar-refractivity contribution >= 4 is 34.9 Å². The van der Waals surface area contributed by atoms with Crippen LogP contribution in [0.15, 0.2) is 18.5 Å². The van der Waals surface area contributed by atoms with Crippen LogP contribution < -0.4 is 10.4 Å². The Bertz CT molecular complexity index is 360. The number of rotatable bonds is 0. The minimum absolute atomic E-state index is 0. The van der Waals surface area contributed by atoms with Gasteiger partial charge in [0.05, 0.1) is 0 Å². The third kappa shape index (κ3) is 1.38. The van der Waals surface area contributed by atoms with Crippen molar-refractivity contribution in [1.82, 2.24) is 4.98 Å². The van der Waals surface area contributed by atoms with E-state index in [9.17, 15) is 4.79 Å². The van der Waals surface area contributed by atoms with Gasteiger partial charge in [-0.15, -0.1) is 17.0 Å². The van der Waals surface area contributed by atoms with Crippen molar-refractivity contribution in [2.24, 2.45) is 0 Å². The number of carbonyl (C=O) groups is 1. The summed E-state index contributed by atoms with van der Waals surface area (Å²) in [6.45, 7) is 0. The van der Waals surface area contributed by atoms with E-state index in [4.69, 9.17) is 0 Å². The summed E-state index contributed by atoms with van der Waals surface area (Å²) in [7, 11) is 0. The first kappa shape index (κ1) is 8.14. The van der Waals surface area contributed by atoms with Gasteiger partial charge in [0.25, 0.3) is 0 Å². The molecule has 0 N–H and O–H groups in total. The molecule has 0 atom stereocenters. The van der Waals surface area contributed by atoms with Gasteiger partial charge < -0.3 is 0 Å². The smallest absolute Gasteiger partial charge is 0.179 e. The van der Waals surface area contributed by atoms with Crippen molar-refractivity contribution in [2.75, 3.05) is 0 Å². The lowest BCUT2D eigenvalue weighted by atomic mass is 10.3. The van der Waals surface area contributed by atoms with Gasteiger partial charge in [-0.25, -0.2) is 0 Å². The molecule has 56 valence electrons. The van der Waals surface area contributed by atoms with Gasteiger partial charge in [0.1, 0.15) is 0 Å². The summed E-state index contributed by atoms with van der Waals surface area (Å²) in [5.41, 5.74) is 0. The second-order valence-corrected chi connectivity index (χ2v) is 2.20. The van der Waals surface area contributed by atoms with Crippen LogP contribution in [-0.4, -0.2) is 10.8 Å². The van der Waals surface area contributed by atoms with E-state index in [1.165, 1.54) is 0 Å². The highest BCUT2D eigenvalue weighted by atomic mass is 79.9. The van der Waals surface area contributed by atoms with Gasteiger partial charge in [-0.3, -0.25) is 9.78 Å². The van der Waals surface area contributed by atoms with E-state index >= 15 is 0 Å². The molecule has 0 unspecified atom stereocenters. The summed E-state index contributed by atoms with van der Waals surface area (Å²) < 4.78 is 0. The predicted molar refractivity (Wildman–Crippen MR) is 47.7 cm³/mol. The van der Waals surface area contributed by atoms with E-state index in [-0.39, 0.29) is 22.8 Å². The third-order valence-corrected chi connectivity index (χ3v) is 1.48. The van der Waals surface area contributed by atoms with Crippen molar-refractivity contribution < 1.29 is 4.79 Å². The number of fused-ring (bicyclic) bond motifs is 1. The molecule has 0 radical (unpaired) electrons. The first-order valence-corrected chi connectivity index (χ1v) is 3.04. The molecule has 0 fully saturated rings. The van der Waals surface area contributed by atoms with Crippen molar-refractivity contribution in [1.29, 1.82) is 0 Å². The zero-order chi connectivity index (χ0) is 6.97. The molecule has 3 heteroatoms. The number of carbonyl (C=O) groups excluding carboxylic acids is 1. The number of ketones is 1. The minimum Gasteiger partial charge on any atom is -0.290 e. The fourth-order valence-electron chi connectivity index (χ4n) is 1.02. The van der Waals surface area contributed by atoms with Crippen molar-refractivity contribution in [3.8, 4) is 0 Å². The van der Waals surface area contributed by atoms with E-state index in [1.54, 1.807) is 24.5 Å². The minimum atomic E-state index is 0. The average molecular weight is 212 g/mol. The Balaban J connectivity index is 0.000000605. The summed E-state index contributed by atoms with van der Waals surface area (Å²) in [5, 5.41) is 1.90. The maximum Gasteiger partial charge on any atom is 0.179 e. The summed E-state index contributed by atoms with van der Waals surface area (Å²) in [6.07, 6.45) is 6.57. The number of Topliss-reactive ketones (excluding diaryl/α,β-unsaturated/α-hetero) is 1. The predicted octanol–water partition coefficient (Wildman–Crippen LogP) is -0.197.